The fraction of sp³-hybridized carbons (Fsp3) is 0.385. The number of hydrogen-bond donors (Lipinski definition) is 0. The minimum absolute atomic E-state index is 0.850. The molecule has 0 amide bonds. The number of ether oxygens (including phenoxy) is 1. The van der Waals surface area contributed by atoms with Crippen molar-refractivity contribution in [3.8, 4) is 11.3 Å². The monoisotopic (exact) mass is 204 g/mol. The van der Waals surface area contributed by atoms with Crippen molar-refractivity contribution >= 4 is 0 Å². The van der Waals surface area contributed by atoms with Gasteiger partial charge in [-0.05, 0) is 43.0 Å². The van der Waals surface area contributed by atoms with Crippen LogP contribution in [0.4, 0.5) is 0 Å². The zero-order valence-corrected chi connectivity index (χ0v) is 9.03. The number of unbranched alkanes of at least 4 members (excludes halogenated alkanes) is 1. The Labute approximate surface area is 90.2 Å². The van der Waals surface area contributed by atoms with Crippen molar-refractivity contribution in [1.82, 2.24) is 0 Å². The summed E-state index contributed by atoms with van der Waals surface area (Å²) in [6.07, 6.45) is 5.11. The van der Waals surface area contributed by atoms with E-state index < -0.39 is 0 Å². The second kappa shape index (κ2) is 4.99. The van der Waals surface area contributed by atoms with Gasteiger partial charge in [0.15, 0.2) is 0 Å². The highest BCUT2D eigenvalue weighted by molar-refractivity contribution is 5.65. The third kappa shape index (κ3) is 2.39. The largest absolute Gasteiger partial charge is 0.464 e. The van der Waals surface area contributed by atoms with Gasteiger partial charge in [-0.15, -0.1) is 0 Å². The third-order valence-electron chi connectivity index (χ3n) is 2.63. The van der Waals surface area contributed by atoms with Gasteiger partial charge < -0.3 is 9.15 Å². The molecule has 0 fully saturated rings. The number of aryl methyl sites for hydroxylation is 1. The zero-order chi connectivity index (χ0) is 10.5. The lowest BCUT2D eigenvalue weighted by Crippen LogP contribution is -1.91. The van der Waals surface area contributed by atoms with E-state index in [1.807, 2.05) is 12.1 Å². The molecule has 1 heterocycles. The molecule has 2 nitrogen and oxygen atoms in total. The second-order valence-electron chi connectivity index (χ2n) is 3.70. The van der Waals surface area contributed by atoms with Gasteiger partial charge in [-0.1, -0.05) is 6.07 Å². The Hall–Kier alpha value is -1.28. The van der Waals surface area contributed by atoms with E-state index in [-0.39, 0.29) is 0 Å². The topological polar surface area (TPSA) is 22.4 Å². The highest BCUT2D eigenvalue weighted by Gasteiger charge is 2.09. The molecule has 0 atom stereocenters. The smallest absolute Gasteiger partial charge is 0.134 e. The molecular weight excluding hydrogens is 188 g/mol. The summed E-state index contributed by atoms with van der Waals surface area (Å²) in [6.45, 7) is 0.850. The lowest BCUT2D eigenvalue weighted by molar-refractivity contribution is 0.193. The normalized spacial score (nSPS) is 11.0. The quantitative estimate of drug-likeness (QED) is 0.697. The van der Waals surface area contributed by atoms with Crippen molar-refractivity contribution in [2.24, 2.45) is 0 Å². The summed E-state index contributed by atoms with van der Waals surface area (Å²) in [5.41, 5.74) is 2.63. The molecule has 2 aliphatic rings. The predicted molar refractivity (Wildman–Crippen MR) is 60.1 cm³/mol. The van der Waals surface area contributed by atoms with Crippen molar-refractivity contribution in [1.29, 1.82) is 0 Å². The van der Waals surface area contributed by atoms with Crippen LogP contribution in [0.25, 0.3) is 11.3 Å². The first-order valence-electron chi connectivity index (χ1n) is 5.36. The van der Waals surface area contributed by atoms with E-state index in [4.69, 9.17) is 9.15 Å². The number of rotatable bonds is 5. The van der Waals surface area contributed by atoms with Gasteiger partial charge in [0.2, 0.25) is 0 Å². The maximum absolute atomic E-state index is 5.40. The molecule has 0 aromatic rings. The fourth-order valence-electron chi connectivity index (χ4n) is 1.83. The van der Waals surface area contributed by atoms with Crippen LogP contribution in [0, 0.1) is 0 Å². The maximum Gasteiger partial charge on any atom is 0.134 e. The Kier molecular flexibility index (Phi) is 3.41. The molecule has 0 saturated carbocycles. The van der Waals surface area contributed by atoms with Crippen LogP contribution in [0.2, 0.25) is 0 Å². The van der Waals surface area contributed by atoms with Crippen molar-refractivity contribution in [3.05, 3.63) is 36.1 Å². The first-order chi connectivity index (χ1) is 7.42. The van der Waals surface area contributed by atoms with Gasteiger partial charge in [-0.2, -0.15) is 0 Å². The Morgan fingerprint density at radius 3 is 3.00 bits per heavy atom. The molecule has 1 aliphatic heterocycles. The molecular formula is C13H16O2. The van der Waals surface area contributed by atoms with Crippen molar-refractivity contribution in [2.45, 2.75) is 19.3 Å². The van der Waals surface area contributed by atoms with Crippen molar-refractivity contribution < 1.29 is 9.15 Å². The molecule has 0 bridgehead atoms. The van der Waals surface area contributed by atoms with Gasteiger partial charge in [0, 0.05) is 19.3 Å². The lowest BCUT2D eigenvalue weighted by atomic mass is 10.1. The van der Waals surface area contributed by atoms with Gasteiger partial charge in [0.05, 0.1) is 6.26 Å². The minimum Gasteiger partial charge on any atom is -0.464 e. The first kappa shape index (κ1) is 10.2. The third-order valence-corrected chi connectivity index (χ3v) is 2.63. The molecule has 80 valence electrons. The van der Waals surface area contributed by atoms with Gasteiger partial charge in [-0.25, -0.2) is 0 Å². The minimum atomic E-state index is 0.850. The summed E-state index contributed by atoms with van der Waals surface area (Å²) in [4.78, 5) is 0. The summed E-state index contributed by atoms with van der Waals surface area (Å²) in [7, 11) is 1.75. The summed E-state index contributed by atoms with van der Waals surface area (Å²) in [5, 5.41) is 0. The standard InChI is InChI=1S/C13H16O2/c1-14-9-3-2-5-11-7-8-13-12(11)6-4-10-15-13/h4,6-8,10H,2-3,5,9H2,1H3. The molecule has 0 aromatic heterocycles. The van der Waals surface area contributed by atoms with E-state index in [1.54, 1.807) is 13.4 Å². The summed E-state index contributed by atoms with van der Waals surface area (Å²) >= 11 is 0. The molecule has 1 aliphatic carbocycles. The molecule has 0 unspecified atom stereocenters. The summed E-state index contributed by atoms with van der Waals surface area (Å²) in [6, 6.07) is 8.26. The van der Waals surface area contributed by atoms with Gasteiger partial charge >= 0.3 is 0 Å². The summed E-state index contributed by atoms with van der Waals surface area (Å²) in [5.74, 6) is 0.985. The van der Waals surface area contributed by atoms with Crippen LogP contribution in [-0.2, 0) is 11.2 Å². The van der Waals surface area contributed by atoms with Crippen LogP contribution in [0.3, 0.4) is 0 Å². The highest BCUT2D eigenvalue weighted by atomic mass is 16.5. The summed E-state index contributed by atoms with van der Waals surface area (Å²) < 4.78 is 10.4. The molecule has 0 aromatic carbocycles. The van der Waals surface area contributed by atoms with Crippen LogP contribution in [-0.4, -0.2) is 13.7 Å². The lowest BCUT2D eigenvalue weighted by Gasteiger charge is -2.02. The van der Waals surface area contributed by atoms with Crippen LogP contribution in [0.15, 0.2) is 34.9 Å². The van der Waals surface area contributed by atoms with Gasteiger partial charge in [0.25, 0.3) is 0 Å². The zero-order valence-electron chi connectivity index (χ0n) is 9.03. The van der Waals surface area contributed by atoms with Crippen LogP contribution < -0.4 is 0 Å². The van der Waals surface area contributed by atoms with Crippen LogP contribution in [0.5, 0.6) is 0 Å². The predicted octanol–water partition coefficient (Wildman–Crippen LogP) is 3.35. The van der Waals surface area contributed by atoms with Crippen molar-refractivity contribution in [2.75, 3.05) is 13.7 Å². The average Bonchev–Trinajstić information content (AvgIpc) is 2.68. The highest BCUT2D eigenvalue weighted by Crippen LogP contribution is 2.28. The van der Waals surface area contributed by atoms with E-state index in [1.165, 1.54) is 17.5 Å². The average molecular weight is 204 g/mol. The van der Waals surface area contributed by atoms with Gasteiger partial charge in [-0.3, -0.25) is 0 Å². The Morgan fingerprint density at radius 1 is 1.20 bits per heavy atom. The molecule has 2 rings (SSSR count). The number of hydrogen-bond acceptors (Lipinski definition) is 2. The number of fused-ring (bicyclic) bond motifs is 1. The number of methoxy groups -OCH3 is 1. The van der Waals surface area contributed by atoms with Crippen LogP contribution >= 0.6 is 0 Å². The van der Waals surface area contributed by atoms with E-state index in [0.29, 0.717) is 0 Å². The van der Waals surface area contributed by atoms with E-state index in [9.17, 15) is 0 Å². The van der Waals surface area contributed by atoms with Gasteiger partial charge in [0.1, 0.15) is 5.76 Å². The fourth-order valence-corrected chi connectivity index (χ4v) is 1.83. The van der Waals surface area contributed by atoms with E-state index in [2.05, 4.69) is 12.1 Å². The van der Waals surface area contributed by atoms with Crippen molar-refractivity contribution in [3.63, 3.8) is 0 Å². The molecule has 0 N–H and O–H groups in total. The Morgan fingerprint density at radius 2 is 2.13 bits per heavy atom. The van der Waals surface area contributed by atoms with E-state index in [0.717, 1.165) is 25.2 Å². The molecule has 0 saturated heterocycles. The molecule has 0 spiro atoms. The molecule has 2 heteroatoms. The van der Waals surface area contributed by atoms with E-state index >= 15 is 0 Å². The SMILES string of the molecule is COCCCCc1ccc2occcc1-2. The second-order valence-corrected chi connectivity index (χ2v) is 3.70. The first-order valence-corrected chi connectivity index (χ1v) is 5.36. The Bertz CT molecular complexity index is 378. The maximum atomic E-state index is 5.40. The Balaban J connectivity index is 1.97. The van der Waals surface area contributed by atoms with Crippen LogP contribution in [0.1, 0.15) is 18.4 Å². The molecule has 0 radical (unpaired) electrons. The molecule has 15 heavy (non-hydrogen) atoms.